The molecule has 0 bridgehead atoms. The highest BCUT2D eigenvalue weighted by Crippen LogP contribution is 2.38. The Hall–Kier alpha value is -2.36. The first-order valence-electron chi connectivity index (χ1n) is 7.34. The molecule has 10 heteroatoms. The van der Waals surface area contributed by atoms with Gasteiger partial charge in [-0.3, -0.25) is 14.6 Å². The van der Waals surface area contributed by atoms with Crippen molar-refractivity contribution in [2.75, 3.05) is 0 Å². The van der Waals surface area contributed by atoms with Crippen molar-refractivity contribution in [3.05, 3.63) is 35.4 Å². The number of aryl methyl sites for hydroxylation is 1. The van der Waals surface area contributed by atoms with Crippen molar-refractivity contribution in [1.29, 1.82) is 0 Å². The number of halogens is 3. The molecule has 0 spiro atoms. The number of nitrogens with zero attached hydrogens (tertiary/aromatic N) is 3. The van der Waals surface area contributed by atoms with Gasteiger partial charge in [0.05, 0.1) is 18.3 Å². The number of aliphatic hydroxyl groups is 1. The van der Waals surface area contributed by atoms with Crippen LogP contribution in [0.4, 0.5) is 13.2 Å². The molecule has 2 aromatic heterocycles. The normalized spacial score (nSPS) is 22.0. The molecule has 3 N–H and O–H groups in total. The van der Waals surface area contributed by atoms with Crippen molar-refractivity contribution < 1.29 is 23.1 Å². The van der Waals surface area contributed by atoms with E-state index in [9.17, 15) is 23.1 Å². The lowest BCUT2D eigenvalue weighted by Crippen LogP contribution is -2.41. The van der Waals surface area contributed by atoms with Crippen LogP contribution in [-0.2, 0) is 13.2 Å². The first-order valence-corrected chi connectivity index (χ1v) is 7.34. The van der Waals surface area contributed by atoms with Crippen LogP contribution >= 0.6 is 0 Å². The van der Waals surface area contributed by atoms with E-state index in [2.05, 4.69) is 15.5 Å². The minimum absolute atomic E-state index is 0.00539. The summed E-state index contributed by atoms with van der Waals surface area (Å²) < 4.78 is 39.3. The van der Waals surface area contributed by atoms with Gasteiger partial charge < -0.3 is 10.4 Å². The lowest BCUT2D eigenvalue weighted by atomic mass is 9.75. The highest BCUT2D eigenvalue weighted by molar-refractivity contribution is 5.92. The molecule has 0 aromatic carbocycles. The average molecular weight is 343 g/mol. The van der Waals surface area contributed by atoms with E-state index in [4.69, 9.17) is 0 Å². The summed E-state index contributed by atoms with van der Waals surface area (Å²) in [5.41, 5.74) is -0.685. The minimum Gasteiger partial charge on any atom is -0.393 e. The number of carbonyl (C=O) groups is 1. The Labute approximate surface area is 134 Å². The third-order valence-corrected chi connectivity index (χ3v) is 4.11. The van der Waals surface area contributed by atoms with Crippen LogP contribution in [0.25, 0.3) is 0 Å². The molecule has 0 unspecified atom stereocenters. The lowest BCUT2D eigenvalue weighted by molar-refractivity contribution is -0.141. The molecular formula is C14H16F3N5O2. The van der Waals surface area contributed by atoms with Gasteiger partial charge in [-0.05, 0) is 18.8 Å². The summed E-state index contributed by atoms with van der Waals surface area (Å²) in [6.45, 7) is 0. The third kappa shape index (κ3) is 3.28. The van der Waals surface area contributed by atoms with E-state index in [-0.39, 0.29) is 11.6 Å². The number of aliphatic hydroxyl groups excluding tert-OH is 1. The Morgan fingerprint density at radius 3 is 2.71 bits per heavy atom. The number of alkyl halides is 3. The molecule has 3 rings (SSSR count). The van der Waals surface area contributed by atoms with E-state index in [0.717, 1.165) is 5.56 Å². The van der Waals surface area contributed by atoms with Crippen LogP contribution in [0.15, 0.2) is 18.5 Å². The minimum atomic E-state index is -4.59. The van der Waals surface area contributed by atoms with E-state index in [1.807, 2.05) is 5.10 Å². The summed E-state index contributed by atoms with van der Waals surface area (Å²) in [5.74, 6) is -0.717. The second kappa shape index (κ2) is 5.93. The number of hydrogen-bond donors (Lipinski definition) is 3. The molecule has 1 amide bonds. The average Bonchev–Trinajstić information content (AvgIpc) is 3.09. The summed E-state index contributed by atoms with van der Waals surface area (Å²) in [7, 11) is 1.72. The van der Waals surface area contributed by atoms with Gasteiger partial charge in [0.25, 0.3) is 5.91 Å². The van der Waals surface area contributed by atoms with Gasteiger partial charge in [-0.2, -0.15) is 23.4 Å². The van der Waals surface area contributed by atoms with Gasteiger partial charge in [0.1, 0.15) is 5.69 Å². The number of aromatic nitrogens is 4. The molecule has 1 aliphatic carbocycles. The molecule has 0 aliphatic heterocycles. The van der Waals surface area contributed by atoms with Crippen molar-refractivity contribution in [2.24, 2.45) is 13.0 Å². The Bertz CT molecular complexity index is 733. The van der Waals surface area contributed by atoms with Gasteiger partial charge in [0.15, 0.2) is 5.69 Å². The molecule has 0 saturated heterocycles. The molecule has 1 fully saturated rings. The summed E-state index contributed by atoms with van der Waals surface area (Å²) in [5, 5.41) is 21.5. The fourth-order valence-electron chi connectivity index (χ4n) is 2.77. The second-order valence-electron chi connectivity index (χ2n) is 5.95. The monoisotopic (exact) mass is 343 g/mol. The zero-order valence-electron chi connectivity index (χ0n) is 12.7. The maximum atomic E-state index is 12.6. The number of carbonyl (C=O) groups excluding carboxylic acids is 1. The van der Waals surface area contributed by atoms with Crippen molar-refractivity contribution in [2.45, 2.75) is 31.2 Å². The highest BCUT2D eigenvalue weighted by Gasteiger charge is 2.37. The molecule has 24 heavy (non-hydrogen) atoms. The quantitative estimate of drug-likeness (QED) is 0.782. The van der Waals surface area contributed by atoms with Gasteiger partial charge in [0, 0.05) is 24.9 Å². The summed E-state index contributed by atoms with van der Waals surface area (Å²) in [6, 6.07) is 0.228. The van der Waals surface area contributed by atoms with Gasteiger partial charge >= 0.3 is 6.18 Å². The van der Waals surface area contributed by atoms with E-state index < -0.39 is 29.9 Å². The SMILES string of the molecule is Cn1cc([C@@H](NC(=O)c2cc(C(F)(F)F)[nH]n2)C2CC(O)C2)cn1. The maximum absolute atomic E-state index is 12.6. The predicted octanol–water partition coefficient (Wildman–Crippen LogP) is 1.40. The molecular weight excluding hydrogens is 327 g/mol. The predicted molar refractivity (Wildman–Crippen MR) is 75.7 cm³/mol. The zero-order chi connectivity index (χ0) is 17.5. The Kier molecular flexibility index (Phi) is 4.08. The van der Waals surface area contributed by atoms with Gasteiger partial charge in [-0.15, -0.1) is 0 Å². The maximum Gasteiger partial charge on any atom is 0.432 e. The fraction of sp³-hybridized carbons (Fsp3) is 0.500. The number of amides is 1. The van der Waals surface area contributed by atoms with E-state index in [0.29, 0.717) is 18.9 Å². The summed E-state index contributed by atoms with van der Waals surface area (Å²) in [6.07, 6.45) is -0.689. The number of rotatable bonds is 4. The zero-order valence-corrected chi connectivity index (χ0v) is 12.7. The molecule has 1 aliphatic rings. The van der Waals surface area contributed by atoms with Crippen LogP contribution in [-0.4, -0.2) is 37.1 Å². The summed E-state index contributed by atoms with van der Waals surface area (Å²) in [4.78, 5) is 12.3. The van der Waals surface area contributed by atoms with Gasteiger partial charge in [-0.25, -0.2) is 0 Å². The Morgan fingerprint density at radius 1 is 1.50 bits per heavy atom. The molecule has 0 radical (unpaired) electrons. The van der Waals surface area contributed by atoms with Crippen molar-refractivity contribution in [3.8, 4) is 0 Å². The number of H-pyrrole nitrogens is 1. The molecule has 2 aromatic rings. The smallest absolute Gasteiger partial charge is 0.393 e. The molecule has 2 heterocycles. The highest BCUT2D eigenvalue weighted by atomic mass is 19.4. The number of hydrogen-bond acceptors (Lipinski definition) is 4. The van der Waals surface area contributed by atoms with Crippen LogP contribution in [0.3, 0.4) is 0 Å². The van der Waals surface area contributed by atoms with Crippen molar-refractivity contribution in [3.63, 3.8) is 0 Å². The lowest BCUT2D eigenvalue weighted by Gasteiger charge is -2.37. The first-order chi connectivity index (χ1) is 11.2. The van der Waals surface area contributed by atoms with Crippen molar-refractivity contribution in [1.82, 2.24) is 25.3 Å². The standard InChI is InChI=1S/C14H16F3N5O2/c1-22-6-8(5-18-22)12(7-2-9(23)3-7)19-13(24)10-4-11(21-20-10)14(15,16)17/h4-7,9,12,23H,2-3H2,1H3,(H,19,24)(H,20,21)/t7?,9?,12-/m0/s1. The van der Waals surface area contributed by atoms with E-state index >= 15 is 0 Å². The second-order valence-corrected chi connectivity index (χ2v) is 5.95. The van der Waals surface area contributed by atoms with Crippen molar-refractivity contribution >= 4 is 5.91 Å². The molecule has 7 nitrogen and oxygen atoms in total. The molecule has 130 valence electrons. The van der Waals surface area contributed by atoms with E-state index in [1.165, 1.54) is 0 Å². The Balaban J connectivity index is 1.77. The van der Waals surface area contributed by atoms with E-state index in [1.54, 1.807) is 24.1 Å². The van der Waals surface area contributed by atoms with Crippen LogP contribution in [0.2, 0.25) is 0 Å². The molecule has 1 saturated carbocycles. The van der Waals surface area contributed by atoms with Crippen LogP contribution in [0, 0.1) is 5.92 Å². The summed E-state index contributed by atoms with van der Waals surface area (Å²) >= 11 is 0. The molecule has 1 atom stereocenters. The van der Waals surface area contributed by atoms with Crippen LogP contribution in [0.1, 0.15) is 40.6 Å². The largest absolute Gasteiger partial charge is 0.432 e. The van der Waals surface area contributed by atoms with Crippen LogP contribution < -0.4 is 5.32 Å². The van der Waals surface area contributed by atoms with Gasteiger partial charge in [-0.1, -0.05) is 0 Å². The third-order valence-electron chi connectivity index (χ3n) is 4.11. The topological polar surface area (TPSA) is 95.8 Å². The number of aromatic amines is 1. The fourth-order valence-corrected chi connectivity index (χ4v) is 2.77. The Morgan fingerprint density at radius 2 is 2.21 bits per heavy atom. The number of nitrogens with one attached hydrogen (secondary N) is 2. The van der Waals surface area contributed by atoms with Crippen LogP contribution in [0.5, 0.6) is 0 Å². The van der Waals surface area contributed by atoms with Gasteiger partial charge in [0.2, 0.25) is 0 Å². The first kappa shape index (κ1) is 16.5.